The number of amides is 2. The minimum absolute atomic E-state index is 0.0469. The summed E-state index contributed by atoms with van der Waals surface area (Å²) in [4.78, 5) is 34.1. The van der Waals surface area contributed by atoms with E-state index in [1.165, 1.54) is 56.3 Å². The summed E-state index contributed by atoms with van der Waals surface area (Å²) in [5.74, 6) is -1.12. The molecule has 3 rings (SSSR count). The number of alkyl halides is 3. The number of nitrogens with one attached hydrogen (secondary N) is 2. The van der Waals surface area contributed by atoms with Gasteiger partial charge >= 0.3 is 6.18 Å². The maximum Gasteiger partial charge on any atom is 0.416 e. The number of benzene rings is 3. The first-order chi connectivity index (χ1) is 18.2. The minimum Gasteiger partial charge on any atom is -0.350 e. The first-order valence-electron chi connectivity index (χ1n) is 11.3. The van der Waals surface area contributed by atoms with E-state index in [1.54, 1.807) is 0 Å². The summed E-state index contributed by atoms with van der Waals surface area (Å²) in [7, 11) is -4.44. The Bertz CT molecular complexity index is 1510. The van der Waals surface area contributed by atoms with Crippen molar-refractivity contribution < 1.29 is 36.1 Å². The maximum atomic E-state index is 13.5. The van der Waals surface area contributed by atoms with Crippen LogP contribution in [0.2, 0.25) is 0 Å². The number of hydrogen-bond acceptors (Lipinski definition) is 6. The lowest BCUT2D eigenvalue weighted by atomic mass is 10.1. The smallest absolute Gasteiger partial charge is 0.350 e. The van der Waals surface area contributed by atoms with Crippen LogP contribution in [0.3, 0.4) is 0 Å². The summed E-state index contributed by atoms with van der Waals surface area (Å²) in [5, 5.41) is 16.1. The van der Waals surface area contributed by atoms with Gasteiger partial charge in [0.25, 0.3) is 21.6 Å². The van der Waals surface area contributed by atoms with Crippen molar-refractivity contribution in [2.75, 3.05) is 22.7 Å². The van der Waals surface area contributed by atoms with Gasteiger partial charge < -0.3 is 10.6 Å². The van der Waals surface area contributed by atoms with E-state index in [2.05, 4.69) is 10.6 Å². The highest BCUT2D eigenvalue weighted by Crippen LogP contribution is 2.33. The van der Waals surface area contributed by atoms with Crippen LogP contribution >= 0.6 is 0 Å². The number of nitrogens with zero attached hydrogens (tertiary/aromatic N) is 2. The Morgan fingerprint density at radius 2 is 1.69 bits per heavy atom. The van der Waals surface area contributed by atoms with Crippen LogP contribution in [0.15, 0.2) is 71.6 Å². The van der Waals surface area contributed by atoms with Gasteiger partial charge in [0.1, 0.15) is 0 Å². The van der Waals surface area contributed by atoms with Gasteiger partial charge in [-0.2, -0.15) is 13.2 Å². The first kappa shape index (κ1) is 29.1. The lowest BCUT2D eigenvalue weighted by molar-refractivity contribution is -0.385. The molecule has 0 spiro atoms. The fourth-order valence-electron chi connectivity index (χ4n) is 3.59. The highest BCUT2D eigenvalue weighted by atomic mass is 32.2. The lowest BCUT2D eigenvalue weighted by Gasteiger charge is -2.25. The summed E-state index contributed by atoms with van der Waals surface area (Å²) in [6.07, 6.45) is -4.74. The van der Waals surface area contributed by atoms with Crippen molar-refractivity contribution in [1.29, 1.82) is 0 Å². The largest absolute Gasteiger partial charge is 0.416 e. The van der Waals surface area contributed by atoms with Crippen molar-refractivity contribution in [3.63, 3.8) is 0 Å². The average molecular weight is 565 g/mol. The molecule has 0 aliphatic heterocycles. The number of aryl methyl sites for hydroxylation is 1. The monoisotopic (exact) mass is 564 g/mol. The van der Waals surface area contributed by atoms with E-state index in [4.69, 9.17) is 0 Å². The average Bonchev–Trinajstić information content (AvgIpc) is 2.86. The molecule has 10 nitrogen and oxygen atoms in total. The predicted molar refractivity (Wildman–Crippen MR) is 137 cm³/mol. The highest BCUT2D eigenvalue weighted by molar-refractivity contribution is 7.92. The Hall–Kier alpha value is -4.46. The molecule has 0 saturated heterocycles. The van der Waals surface area contributed by atoms with Crippen molar-refractivity contribution in [3.8, 4) is 0 Å². The Morgan fingerprint density at radius 3 is 2.28 bits per heavy atom. The van der Waals surface area contributed by atoms with E-state index in [1.807, 2.05) is 0 Å². The standard InChI is InChI=1S/C25H23F3N4O6S/c1-16-6-7-18(14-23(16)32(35)36)24(34)29-12-13-31(21-5-3-4-19(15-21)25(26,27)28)39(37,38)22-10-8-20(9-11-22)30-17(2)33/h3-11,14-15H,12-13H2,1-2H3,(H,29,34)(H,30,33). The van der Waals surface area contributed by atoms with Crippen LogP contribution in [-0.2, 0) is 21.0 Å². The molecule has 0 aliphatic carbocycles. The lowest BCUT2D eigenvalue weighted by Crippen LogP contribution is -2.39. The Balaban J connectivity index is 1.91. The van der Waals surface area contributed by atoms with Crippen LogP contribution in [0, 0.1) is 17.0 Å². The summed E-state index contributed by atoms with van der Waals surface area (Å²) in [6.45, 7) is 1.97. The predicted octanol–water partition coefficient (Wildman–Crippen LogP) is 4.51. The third-order valence-electron chi connectivity index (χ3n) is 5.49. The summed E-state index contributed by atoms with van der Waals surface area (Å²) >= 11 is 0. The van der Waals surface area contributed by atoms with Crippen molar-refractivity contribution in [2.24, 2.45) is 0 Å². The van der Waals surface area contributed by atoms with Gasteiger partial charge in [-0.05, 0) is 55.5 Å². The molecule has 0 heterocycles. The molecule has 0 saturated carbocycles. The molecular formula is C25H23F3N4O6S. The Kier molecular flexibility index (Phi) is 8.59. The van der Waals surface area contributed by atoms with Crippen molar-refractivity contribution >= 4 is 38.9 Å². The molecule has 3 aromatic carbocycles. The number of anilines is 2. The second-order valence-electron chi connectivity index (χ2n) is 8.35. The van der Waals surface area contributed by atoms with Crippen LogP contribution in [0.1, 0.15) is 28.4 Å². The zero-order valence-electron chi connectivity index (χ0n) is 20.7. The van der Waals surface area contributed by atoms with E-state index < -0.39 is 39.1 Å². The number of nitro groups is 1. The molecule has 14 heteroatoms. The van der Waals surface area contributed by atoms with Gasteiger partial charge in [-0.25, -0.2) is 8.42 Å². The van der Waals surface area contributed by atoms with Gasteiger partial charge in [-0.1, -0.05) is 12.1 Å². The van der Waals surface area contributed by atoms with Crippen LogP contribution in [0.25, 0.3) is 0 Å². The molecule has 2 N–H and O–H groups in total. The van der Waals surface area contributed by atoms with Crippen molar-refractivity contribution in [3.05, 3.63) is 93.5 Å². The van der Waals surface area contributed by atoms with E-state index in [-0.39, 0.29) is 34.3 Å². The Morgan fingerprint density at radius 1 is 1.03 bits per heavy atom. The van der Waals surface area contributed by atoms with Crippen molar-refractivity contribution in [2.45, 2.75) is 24.9 Å². The quantitative estimate of drug-likeness (QED) is 0.290. The molecule has 2 amide bonds. The van der Waals surface area contributed by atoms with Crippen LogP contribution < -0.4 is 14.9 Å². The molecule has 0 unspecified atom stereocenters. The van der Waals surface area contributed by atoms with Gasteiger partial charge in [-0.15, -0.1) is 0 Å². The van der Waals surface area contributed by atoms with E-state index >= 15 is 0 Å². The van der Waals surface area contributed by atoms with Crippen LogP contribution in [0.5, 0.6) is 0 Å². The Labute approximate surface area is 221 Å². The SMILES string of the molecule is CC(=O)Nc1ccc(S(=O)(=O)N(CCNC(=O)c2ccc(C)c([N+](=O)[O-])c2)c2cccc(C(F)(F)F)c2)cc1. The molecule has 0 aromatic heterocycles. The highest BCUT2D eigenvalue weighted by Gasteiger charge is 2.32. The number of nitro benzene ring substituents is 1. The zero-order valence-corrected chi connectivity index (χ0v) is 21.5. The molecule has 0 aliphatic rings. The second-order valence-corrected chi connectivity index (χ2v) is 10.2. The third-order valence-corrected chi connectivity index (χ3v) is 7.33. The molecule has 39 heavy (non-hydrogen) atoms. The number of carbonyl (C=O) groups is 2. The molecule has 0 fully saturated rings. The number of rotatable bonds is 9. The van der Waals surface area contributed by atoms with Gasteiger partial charge in [0.2, 0.25) is 5.91 Å². The second kappa shape index (κ2) is 11.5. The maximum absolute atomic E-state index is 13.5. The summed E-state index contributed by atoms with van der Waals surface area (Å²) in [6, 6.07) is 12.5. The molecule has 3 aromatic rings. The number of sulfonamides is 1. The van der Waals surface area contributed by atoms with E-state index in [0.29, 0.717) is 21.6 Å². The van der Waals surface area contributed by atoms with Gasteiger partial charge in [0.15, 0.2) is 0 Å². The minimum atomic E-state index is -4.74. The summed E-state index contributed by atoms with van der Waals surface area (Å²) in [5.41, 5.74) is -1.05. The van der Waals surface area contributed by atoms with Gasteiger partial charge in [-0.3, -0.25) is 24.0 Å². The van der Waals surface area contributed by atoms with Crippen molar-refractivity contribution in [1.82, 2.24) is 5.32 Å². The number of carbonyl (C=O) groups excluding carboxylic acids is 2. The number of hydrogen-bond donors (Lipinski definition) is 2. The van der Waals surface area contributed by atoms with Gasteiger partial charge in [0, 0.05) is 36.3 Å². The molecule has 0 bridgehead atoms. The molecule has 0 atom stereocenters. The zero-order chi connectivity index (χ0) is 29.0. The topological polar surface area (TPSA) is 139 Å². The first-order valence-corrected chi connectivity index (χ1v) is 12.7. The van der Waals surface area contributed by atoms with E-state index in [0.717, 1.165) is 18.2 Å². The fraction of sp³-hybridized carbons (Fsp3) is 0.200. The molecule has 206 valence electrons. The fourth-order valence-corrected chi connectivity index (χ4v) is 5.04. The molecule has 0 radical (unpaired) electrons. The normalized spacial score (nSPS) is 11.5. The third kappa shape index (κ3) is 7.10. The van der Waals surface area contributed by atoms with Gasteiger partial charge in [0.05, 0.1) is 27.6 Å². The summed E-state index contributed by atoms with van der Waals surface area (Å²) < 4.78 is 67.8. The van der Waals surface area contributed by atoms with Crippen LogP contribution in [0.4, 0.5) is 30.2 Å². The molecular weight excluding hydrogens is 541 g/mol. The number of halogens is 3. The van der Waals surface area contributed by atoms with Crippen LogP contribution in [-0.4, -0.2) is 38.2 Å². The van der Waals surface area contributed by atoms with E-state index in [9.17, 15) is 41.3 Å².